The number of rotatable bonds is 8. The SMILES string of the molecule is C=C/C(=C\C=C/CC(=N/C(C)c1ccccc1)/N=C(\C)c1ccccc1Br)c1ccccc1. The molecule has 0 spiro atoms. The lowest BCUT2D eigenvalue weighted by Crippen LogP contribution is -2.04. The van der Waals surface area contributed by atoms with Gasteiger partial charge in [0.25, 0.3) is 0 Å². The molecule has 3 aromatic rings. The molecule has 1 atom stereocenters. The van der Waals surface area contributed by atoms with Gasteiger partial charge in [0.1, 0.15) is 5.84 Å². The average Bonchev–Trinajstić information content (AvgIpc) is 2.85. The van der Waals surface area contributed by atoms with Crippen LogP contribution >= 0.6 is 15.9 Å². The molecule has 3 rings (SSSR count). The van der Waals surface area contributed by atoms with Crippen LogP contribution in [0.3, 0.4) is 0 Å². The molecule has 0 saturated carbocycles. The molecule has 0 N–H and O–H groups in total. The Kier molecular flexibility index (Phi) is 9.34. The van der Waals surface area contributed by atoms with Gasteiger partial charge in [0, 0.05) is 22.2 Å². The molecule has 2 nitrogen and oxygen atoms in total. The summed E-state index contributed by atoms with van der Waals surface area (Å²) in [5.74, 6) is 0.795. The number of allylic oxidation sites excluding steroid dienone is 4. The van der Waals surface area contributed by atoms with Crippen molar-refractivity contribution in [1.82, 2.24) is 0 Å². The van der Waals surface area contributed by atoms with Crippen molar-refractivity contribution in [3.63, 3.8) is 0 Å². The van der Waals surface area contributed by atoms with E-state index in [0.717, 1.165) is 32.7 Å². The molecular weight excluding hydrogens is 468 g/mol. The lowest BCUT2D eigenvalue weighted by molar-refractivity contribution is 0.814. The Hall–Kier alpha value is -3.30. The van der Waals surface area contributed by atoms with Gasteiger partial charge >= 0.3 is 0 Å². The van der Waals surface area contributed by atoms with E-state index in [0.29, 0.717) is 6.42 Å². The number of benzene rings is 3. The zero-order valence-electron chi connectivity index (χ0n) is 19.2. The number of hydrogen-bond acceptors (Lipinski definition) is 1. The minimum atomic E-state index is 0.0222. The second-order valence-electron chi connectivity index (χ2n) is 7.63. The van der Waals surface area contributed by atoms with Gasteiger partial charge in [-0.1, -0.05) is 126 Å². The van der Waals surface area contributed by atoms with Crippen molar-refractivity contribution < 1.29 is 0 Å². The molecular formula is C30H29BrN2. The third kappa shape index (κ3) is 7.37. The van der Waals surface area contributed by atoms with Gasteiger partial charge in [0.15, 0.2) is 0 Å². The molecule has 0 aliphatic carbocycles. The molecule has 3 aromatic carbocycles. The average molecular weight is 497 g/mol. The number of amidine groups is 1. The summed E-state index contributed by atoms with van der Waals surface area (Å²) in [6.45, 7) is 8.08. The van der Waals surface area contributed by atoms with Crippen LogP contribution in [0, 0.1) is 0 Å². The fourth-order valence-electron chi connectivity index (χ4n) is 3.42. The molecule has 3 heteroatoms. The van der Waals surface area contributed by atoms with E-state index < -0.39 is 0 Å². The Bertz CT molecular complexity index is 1170. The Morgan fingerprint density at radius 2 is 1.58 bits per heavy atom. The summed E-state index contributed by atoms with van der Waals surface area (Å²) < 4.78 is 1.03. The number of nitrogens with zero attached hydrogens (tertiary/aromatic N) is 2. The standard InChI is InChI=1S/C30H29BrN2/c1-4-25(27-18-9-6-10-19-27)15-11-14-22-30(32-23(2)26-16-7-5-8-17-26)33-24(3)28-20-12-13-21-29(28)31/h4-21,23H,1,22H2,2-3H3/b14-11-,25-15+,32-30-,33-24+. The van der Waals surface area contributed by atoms with Crippen LogP contribution in [-0.2, 0) is 0 Å². The van der Waals surface area contributed by atoms with Gasteiger partial charge in [-0.25, -0.2) is 4.99 Å². The minimum absolute atomic E-state index is 0.0222. The molecule has 1 unspecified atom stereocenters. The molecule has 0 bridgehead atoms. The molecule has 0 radical (unpaired) electrons. The molecule has 33 heavy (non-hydrogen) atoms. The van der Waals surface area contributed by atoms with Gasteiger partial charge in [-0.2, -0.15) is 0 Å². The van der Waals surface area contributed by atoms with Crippen LogP contribution in [0.4, 0.5) is 0 Å². The lowest BCUT2D eigenvalue weighted by atomic mass is 10.1. The van der Waals surface area contributed by atoms with Crippen LogP contribution < -0.4 is 0 Å². The van der Waals surface area contributed by atoms with Gasteiger partial charge in [0.2, 0.25) is 0 Å². The van der Waals surface area contributed by atoms with Crippen molar-refractivity contribution in [2.75, 3.05) is 0 Å². The smallest absolute Gasteiger partial charge is 0.127 e. The maximum Gasteiger partial charge on any atom is 0.127 e. The Morgan fingerprint density at radius 3 is 2.24 bits per heavy atom. The summed E-state index contributed by atoms with van der Waals surface area (Å²) >= 11 is 3.63. The maximum atomic E-state index is 4.96. The zero-order chi connectivity index (χ0) is 23.5. The quantitative estimate of drug-likeness (QED) is 0.169. The van der Waals surface area contributed by atoms with E-state index in [2.05, 4.69) is 78.0 Å². The molecule has 0 aliphatic heterocycles. The molecule has 0 heterocycles. The van der Waals surface area contributed by atoms with Crippen molar-refractivity contribution in [1.29, 1.82) is 0 Å². The van der Waals surface area contributed by atoms with Gasteiger partial charge in [-0.15, -0.1) is 0 Å². The fraction of sp³-hybridized carbons (Fsp3) is 0.133. The Labute approximate surface area is 206 Å². The van der Waals surface area contributed by atoms with E-state index in [1.807, 2.05) is 67.6 Å². The summed E-state index contributed by atoms with van der Waals surface area (Å²) in [6.07, 6.45) is 8.73. The molecule has 0 fully saturated rings. The van der Waals surface area contributed by atoms with E-state index in [-0.39, 0.29) is 6.04 Å². The Balaban J connectivity index is 1.87. The highest BCUT2D eigenvalue weighted by atomic mass is 79.9. The van der Waals surface area contributed by atoms with Gasteiger partial charge in [0.05, 0.1) is 6.04 Å². The topological polar surface area (TPSA) is 24.7 Å². The van der Waals surface area contributed by atoms with Crippen LogP contribution in [0.1, 0.15) is 43.0 Å². The van der Waals surface area contributed by atoms with E-state index in [1.54, 1.807) is 0 Å². The van der Waals surface area contributed by atoms with Crippen LogP contribution in [0.5, 0.6) is 0 Å². The summed E-state index contributed by atoms with van der Waals surface area (Å²) in [5.41, 5.74) is 5.40. The molecule has 0 amide bonds. The first-order chi connectivity index (χ1) is 16.1. The van der Waals surface area contributed by atoms with Crippen molar-refractivity contribution in [3.05, 3.63) is 137 Å². The summed E-state index contributed by atoms with van der Waals surface area (Å²) in [7, 11) is 0. The van der Waals surface area contributed by atoms with Crippen molar-refractivity contribution in [3.8, 4) is 0 Å². The highest BCUT2D eigenvalue weighted by Crippen LogP contribution is 2.20. The third-order valence-corrected chi connectivity index (χ3v) is 5.92. The van der Waals surface area contributed by atoms with E-state index in [4.69, 9.17) is 9.98 Å². The van der Waals surface area contributed by atoms with Crippen LogP contribution in [0.25, 0.3) is 5.57 Å². The number of hydrogen-bond donors (Lipinski definition) is 0. The minimum Gasteiger partial charge on any atom is -0.262 e. The lowest BCUT2D eigenvalue weighted by Gasteiger charge is -2.10. The largest absolute Gasteiger partial charge is 0.262 e. The van der Waals surface area contributed by atoms with Gasteiger partial charge in [-0.3, -0.25) is 4.99 Å². The first-order valence-corrected chi connectivity index (χ1v) is 11.8. The van der Waals surface area contributed by atoms with Crippen LogP contribution in [-0.4, -0.2) is 11.5 Å². The summed E-state index contributed by atoms with van der Waals surface area (Å²) in [4.78, 5) is 9.87. The fourth-order valence-corrected chi connectivity index (χ4v) is 3.99. The summed E-state index contributed by atoms with van der Waals surface area (Å²) in [5, 5.41) is 0. The molecule has 0 aliphatic rings. The van der Waals surface area contributed by atoms with Gasteiger partial charge in [-0.05, 0) is 36.6 Å². The first kappa shape index (κ1) is 24.3. The van der Waals surface area contributed by atoms with E-state index in [9.17, 15) is 0 Å². The predicted octanol–water partition coefficient (Wildman–Crippen LogP) is 8.63. The third-order valence-electron chi connectivity index (χ3n) is 5.22. The zero-order valence-corrected chi connectivity index (χ0v) is 20.7. The molecule has 0 aromatic heterocycles. The first-order valence-electron chi connectivity index (χ1n) is 11.0. The maximum absolute atomic E-state index is 4.96. The van der Waals surface area contributed by atoms with E-state index >= 15 is 0 Å². The second kappa shape index (κ2) is 12.7. The van der Waals surface area contributed by atoms with Crippen LogP contribution in [0.15, 0.2) is 130 Å². The summed E-state index contributed by atoms with van der Waals surface area (Å²) in [6, 6.07) is 28.7. The second-order valence-corrected chi connectivity index (χ2v) is 8.49. The Morgan fingerprint density at radius 1 is 0.939 bits per heavy atom. The highest BCUT2D eigenvalue weighted by molar-refractivity contribution is 9.10. The monoisotopic (exact) mass is 496 g/mol. The predicted molar refractivity (Wildman–Crippen MR) is 147 cm³/mol. The van der Waals surface area contributed by atoms with Crippen LogP contribution in [0.2, 0.25) is 0 Å². The highest BCUT2D eigenvalue weighted by Gasteiger charge is 2.07. The number of halogens is 1. The molecule has 0 saturated heterocycles. The van der Waals surface area contributed by atoms with Crippen molar-refractivity contribution in [2.24, 2.45) is 9.98 Å². The van der Waals surface area contributed by atoms with E-state index in [1.165, 1.54) is 5.56 Å². The number of aliphatic imine (C=N–C) groups is 2. The van der Waals surface area contributed by atoms with Crippen molar-refractivity contribution in [2.45, 2.75) is 26.3 Å². The normalized spacial score (nSPS) is 13.8. The molecule has 166 valence electrons. The van der Waals surface area contributed by atoms with Gasteiger partial charge < -0.3 is 0 Å². The van der Waals surface area contributed by atoms with Crippen molar-refractivity contribution >= 4 is 33.1 Å².